The van der Waals surface area contributed by atoms with Crippen molar-refractivity contribution in [2.75, 3.05) is 0 Å². The van der Waals surface area contributed by atoms with Gasteiger partial charge >= 0.3 is 0 Å². The van der Waals surface area contributed by atoms with Crippen molar-refractivity contribution in [1.82, 2.24) is 4.98 Å². The normalized spacial score (nSPS) is 12.7. The number of nitrogens with zero attached hydrogens (tertiary/aromatic N) is 1. The second-order valence-electron chi connectivity index (χ2n) is 4.51. The first kappa shape index (κ1) is 12.8. The Hall–Kier alpha value is -1.23. The molecule has 19 heavy (non-hydrogen) atoms. The number of rotatable bonds is 3. The zero-order chi connectivity index (χ0) is 13.2. The maximum atomic E-state index is 6.28. The van der Waals surface area contributed by atoms with Gasteiger partial charge in [-0.05, 0) is 47.2 Å². The first-order valence-corrected chi connectivity index (χ1v) is 7.73. The van der Waals surface area contributed by atoms with Crippen LogP contribution < -0.4 is 5.73 Å². The summed E-state index contributed by atoms with van der Waals surface area (Å²) in [7, 11) is 0. The molecule has 1 atom stereocenters. The van der Waals surface area contributed by atoms with Gasteiger partial charge in [0.1, 0.15) is 0 Å². The lowest BCUT2D eigenvalue weighted by Crippen LogP contribution is -2.13. The first-order valence-electron chi connectivity index (χ1n) is 6.05. The molecular formula is C15H13BrN2S. The second-order valence-corrected chi connectivity index (χ2v) is 6.37. The molecule has 0 spiro atoms. The van der Waals surface area contributed by atoms with E-state index in [1.165, 1.54) is 10.3 Å². The molecule has 3 aromatic rings. The number of fused-ring (bicyclic) bond motifs is 1. The summed E-state index contributed by atoms with van der Waals surface area (Å²) in [6.07, 6.45) is 2.71. The highest BCUT2D eigenvalue weighted by Gasteiger charge is 2.09. The van der Waals surface area contributed by atoms with Crippen LogP contribution in [0.25, 0.3) is 10.2 Å². The molecule has 3 rings (SSSR count). The third kappa shape index (κ3) is 2.86. The van der Waals surface area contributed by atoms with Gasteiger partial charge in [-0.3, -0.25) is 4.98 Å². The summed E-state index contributed by atoms with van der Waals surface area (Å²) in [5.41, 5.74) is 9.66. The fourth-order valence-corrected chi connectivity index (χ4v) is 3.11. The molecule has 0 saturated heterocycles. The van der Waals surface area contributed by atoms with Crippen molar-refractivity contribution < 1.29 is 0 Å². The Morgan fingerprint density at radius 2 is 2.00 bits per heavy atom. The lowest BCUT2D eigenvalue weighted by atomic mass is 10.0. The Morgan fingerprint density at radius 1 is 1.21 bits per heavy atom. The Morgan fingerprint density at radius 3 is 2.79 bits per heavy atom. The highest BCUT2D eigenvalue weighted by molar-refractivity contribution is 9.10. The van der Waals surface area contributed by atoms with Crippen molar-refractivity contribution in [2.24, 2.45) is 5.73 Å². The quantitative estimate of drug-likeness (QED) is 0.776. The van der Waals surface area contributed by atoms with E-state index >= 15 is 0 Å². The van der Waals surface area contributed by atoms with E-state index in [4.69, 9.17) is 5.73 Å². The van der Waals surface area contributed by atoms with E-state index in [2.05, 4.69) is 44.5 Å². The molecule has 0 radical (unpaired) electrons. The van der Waals surface area contributed by atoms with Crippen LogP contribution >= 0.6 is 27.3 Å². The van der Waals surface area contributed by atoms with Crippen LogP contribution in [0.1, 0.15) is 17.2 Å². The summed E-state index contributed by atoms with van der Waals surface area (Å²) in [4.78, 5) is 4.44. The minimum Gasteiger partial charge on any atom is -0.324 e. The summed E-state index contributed by atoms with van der Waals surface area (Å²) in [6.45, 7) is 0. The number of thiophene rings is 1. The predicted octanol–water partition coefficient (Wildman–Crippen LogP) is 4.30. The van der Waals surface area contributed by atoms with Crippen LogP contribution in [-0.2, 0) is 6.42 Å². The third-order valence-electron chi connectivity index (χ3n) is 3.12. The number of nitrogens with two attached hydrogens (primary N) is 1. The number of halogens is 1. The van der Waals surface area contributed by atoms with Gasteiger partial charge in [-0.1, -0.05) is 28.1 Å². The van der Waals surface area contributed by atoms with Gasteiger partial charge in [0.25, 0.3) is 0 Å². The second kappa shape index (κ2) is 5.41. The van der Waals surface area contributed by atoms with E-state index in [1.54, 1.807) is 11.3 Å². The van der Waals surface area contributed by atoms with Crippen LogP contribution in [-0.4, -0.2) is 4.98 Å². The van der Waals surface area contributed by atoms with Crippen molar-refractivity contribution in [1.29, 1.82) is 0 Å². The average molecular weight is 333 g/mol. The molecule has 0 aliphatic heterocycles. The van der Waals surface area contributed by atoms with Crippen LogP contribution in [0.15, 0.2) is 52.4 Å². The Bertz CT molecular complexity index is 691. The van der Waals surface area contributed by atoms with E-state index in [0.29, 0.717) is 0 Å². The van der Waals surface area contributed by atoms with Gasteiger partial charge in [-0.2, -0.15) is 0 Å². The minimum atomic E-state index is -0.0137. The Kier molecular flexibility index (Phi) is 3.64. The van der Waals surface area contributed by atoms with E-state index in [-0.39, 0.29) is 6.04 Å². The van der Waals surface area contributed by atoms with Crippen molar-refractivity contribution in [2.45, 2.75) is 12.5 Å². The lowest BCUT2D eigenvalue weighted by Gasteiger charge is -2.12. The van der Waals surface area contributed by atoms with Crippen LogP contribution in [0.3, 0.4) is 0 Å². The highest BCUT2D eigenvalue weighted by Crippen LogP contribution is 2.24. The Balaban J connectivity index is 1.82. The summed E-state index contributed by atoms with van der Waals surface area (Å²) >= 11 is 5.14. The number of hydrogen-bond acceptors (Lipinski definition) is 3. The lowest BCUT2D eigenvalue weighted by molar-refractivity contribution is 0.720. The van der Waals surface area contributed by atoms with Gasteiger partial charge in [0.15, 0.2) is 0 Å². The van der Waals surface area contributed by atoms with E-state index in [9.17, 15) is 0 Å². The van der Waals surface area contributed by atoms with Crippen LogP contribution in [0.2, 0.25) is 0 Å². The monoisotopic (exact) mass is 332 g/mol. The molecule has 2 aromatic heterocycles. The molecule has 2 N–H and O–H groups in total. The smallest absolute Gasteiger partial charge is 0.0809 e. The zero-order valence-electron chi connectivity index (χ0n) is 10.2. The summed E-state index contributed by atoms with van der Waals surface area (Å²) in [5.74, 6) is 0. The van der Waals surface area contributed by atoms with Crippen LogP contribution in [0.4, 0.5) is 0 Å². The number of aromatic nitrogens is 1. The fourth-order valence-electron chi connectivity index (χ4n) is 2.06. The molecular weight excluding hydrogens is 320 g/mol. The van der Waals surface area contributed by atoms with Gasteiger partial charge in [-0.25, -0.2) is 0 Å². The average Bonchev–Trinajstić information content (AvgIpc) is 2.88. The summed E-state index contributed by atoms with van der Waals surface area (Å²) in [5, 5.41) is 2.06. The van der Waals surface area contributed by atoms with Crippen molar-refractivity contribution in [3.05, 3.63) is 63.6 Å². The molecule has 0 aliphatic rings. The molecule has 0 aliphatic carbocycles. The van der Waals surface area contributed by atoms with Gasteiger partial charge in [0, 0.05) is 16.7 Å². The van der Waals surface area contributed by atoms with E-state index in [0.717, 1.165) is 22.0 Å². The molecule has 0 bridgehead atoms. The van der Waals surface area contributed by atoms with Crippen molar-refractivity contribution in [3.8, 4) is 0 Å². The molecule has 4 heteroatoms. The largest absolute Gasteiger partial charge is 0.324 e. The fraction of sp³-hybridized carbons (Fsp3) is 0.133. The summed E-state index contributed by atoms with van der Waals surface area (Å²) < 4.78 is 2.29. The maximum absolute atomic E-state index is 6.28. The number of pyridine rings is 1. The van der Waals surface area contributed by atoms with Crippen LogP contribution in [0.5, 0.6) is 0 Å². The zero-order valence-corrected chi connectivity index (χ0v) is 12.6. The van der Waals surface area contributed by atoms with E-state index < -0.39 is 0 Å². The highest BCUT2D eigenvalue weighted by atomic mass is 79.9. The van der Waals surface area contributed by atoms with Gasteiger partial charge in [0.2, 0.25) is 0 Å². The van der Waals surface area contributed by atoms with Gasteiger partial charge in [0.05, 0.1) is 10.2 Å². The van der Waals surface area contributed by atoms with Crippen molar-refractivity contribution >= 4 is 37.5 Å². The predicted molar refractivity (Wildman–Crippen MR) is 84.4 cm³/mol. The molecule has 1 aromatic carbocycles. The minimum absolute atomic E-state index is 0.0137. The van der Waals surface area contributed by atoms with Crippen molar-refractivity contribution in [3.63, 3.8) is 0 Å². The topological polar surface area (TPSA) is 38.9 Å². The summed E-state index contributed by atoms with van der Waals surface area (Å²) in [6, 6.07) is 12.5. The number of benzene rings is 1. The van der Waals surface area contributed by atoms with Gasteiger partial charge < -0.3 is 5.73 Å². The molecule has 0 fully saturated rings. The number of hydrogen-bond donors (Lipinski definition) is 1. The van der Waals surface area contributed by atoms with Crippen LogP contribution in [0, 0.1) is 0 Å². The SMILES string of the molecule is NC(Cc1ccc(Br)cc1)c1cnc2ccsc2c1. The first-order chi connectivity index (χ1) is 9.22. The molecule has 96 valence electrons. The third-order valence-corrected chi connectivity index (χ3v) is 4.50. The Labute approximate surface area is 124 Å². The molecule has 1 unspecified atom stereocenters. The maximum Gasteiger partial charge on any atom is 0.0809 e. The molecule has 2 heterocycles. The standard InChI is InChI=1S/C15H13BrN2S/c16-12-3-1-10(2-4-12)7-13(17)11-8-15-14(18-9-11)5-6-19-15/h1-6,8-9,13H,7,17H2. The molecule has 2 nitrogen and oxygen atoms in total. The molecule has 0 amide bonds. The van der Waals surface area contributed by atoms with Gasteiger partial charge in [-0.15, -0.1) is 11.3 Å². The molecule has 0 saturated carbocycles. The van der Waals surface area contributed by atoms with E-state index in [1.807, 2.05) is 24.4 Å².